The topological polar surface area (TPSA) is 65.2 Å². The van der Waals surface area contributed by atoms with Crippen LogP contribution in [0.2, 0.25) is 0 Å². The predicted octanol–water partition coefficient (Wildman–Crippen LogP) is 2.86. The number of benzene rings is 1. The molecule has 0 bridgehead atoms. The first kappa shape index (κ1) is 15.0. The lowest BCUT2D eigenvalue weighted by Gasteiger charge is -2.04. The molecule has 6 heteroatoms. The van der Waals surface area contributed by atoms with Gasteiger partial charge < -0.3 is 4.90 Å². The molecular formula is C15H15N5S. The zero-order chi connectivity index (χ0) is 15.1. The minimum absolute atomic E-state index is 0.372. The smallest absolute Gasteiger partial charge is 0.189 e. The van der Waals surface area contributed by atoms with Gasteiger partial charge in [-0.15, -0.1) is 0 Å². The van der Waals surface area contributed by atoms with Gasteiger partial charge in [0, 0.05) is 19.8 Å². The molecule has 0 N–H and O–H groups in total. The van der Waals surface area contributed by atoms with Crippen LogP contribution in [0.5, 0.6) is 0 Å². The largest absolute Gasteiger partial charge is 0.369 e. The van der Waals surface area contributed by atoms with Crippen LogP contribution in [0.3, 0.4) is 0 Å². The Morgan fingerprint density at radius 1 is 1.33 bits per heavy atom. The van der Waals surface area contributed by atoms with Gasteiger partial charge in [-0.2, -0.15) is 5.26 Å². The first-order valence-corrected chi connectivity index (χ1v) is 7.32. The lowest BCUT2D eigenvalue weighted by Crippen LogP contribution is -2.07. The van der Waals surface area contributed by atoms with E-state index in [0.717, 1.165) is 5.75 Å². The van der Waals surface area contributed by atoms with Crippen LogP contribution in [-0.2, 0) is 5.75 Å². The molecule has 2 rings (SSSR count). The molecule has 0 aliphatic rings. The van der Waals surface area contributed by atoms with Crippen LogP contribution < -0.4 is 0 Å². The second-order valence-corrected chi connectivity index (χ2v) is 5.43. The van der Waals surface area contributed by atoms with E-state index in [9.17, 15) is 0 Å². The van der Waals surface area contributed by atoms with E-state index in [1.807, 2.05) is 32.3 Å². The molecule has 0 aliphatic carbocycles. The fourth-order valence-electron chi connectivity index (χ4n) is 1.50. The molecule has 5 nitrogen and oxygen atoms in total. The molecular weight excluding hydrogens is 282 g/mol. The Bertz CT molecular complexity index is 662. The van der Waals surface area contributed by atoms with E-state index in [0.29, 0.717) is 16.5 Å². The van der Waals surface area contributed by atoms with Gasteiger partial charge >= 0.3 is 0 Å². The maximum Gasteiger partial charge on any atom is 0.189 e. The maximum absolute atomic E-state index is 9.06. The first-order valence-electron chi connectivity index (χ1n) is 6.33. The number of rotatable bonds is 5. The highest BCUT2D eigenvalue weighted by molar-refractivity contribution is 7.98. The van der Waals surface area contributed by atoms with E-state index in [1.165, 1.54) is 23.5 Å². The zero-order valence-electron chi connectivity index (χ0n) is 11.9. The monoisotopic (exact) mass is 297 g/mol. The summed E-state index contributed by atoms with van der Waals surface area (Å²) in [7, 11) is 3.73. The highest BCUT2D eigenvalue weighted by Crippen LogP contribution is 2.22. The molecule has 0 fully saturated rings. The fourth-order valence-corrected chi connectivity index (χ4v) is 2.26. The predicted molar refractivity (Wildman–Crippen MR) is 84.6 cm³/mol. The van der Waals surface area contributed by atoms with Gasteiger partial charge in [-0.3, -0.25) is 0 Å². The van der Waals surface area contributed by atoms with Gasteiger partial charge in [0.05, 0.1) is 12.5 Å². The average molecular weight is 297 g/mol. The van der Waals surface area contributed by atoms with Crippen LogP contribution in [-0.4, -0.2) is 35.3 Å². The molecule has 0 saturated heterocycles. The summed E-state index contributed by atoms with van der Waals surface area (Å²) in [5, 5.41) is 9.67. The van der Waals surface area contributed by atoms with E-state index in [2.05, 4.69) is 33.2 Å². The maximum atomic E-state index is 9.06. The summed E-state index contributed by atoms with van der Waals surface area (Å²) in [4.78, 5) is 14.5. The van der Waals surface area contributed by atoms with Gasteiger partial charge in [0.15, 0.2) is 11.0 Å². The first-order chi connectivity index (χ1) is 10.2. The quantitative estimate of drug-likeness (QED) is 0.367. The molecule has 1 heterocycles. The third-order valence-electron chi connectivity index (χ3n) is 2.49. The molecule has 106 valence electrons. The van der Waals surface area contributed by atoms with Crippen LogP contribution in [0.25, 0.3) is 0 Å². The van der Waals surface area contributed by atoms with E-state index in [-0.39, 0.29) is 0 Å². The van der Waals surface area contributed by atoms with Crippen molar-refractivity contribution in [1.82, 2.24) is 14.9 Å². The number of hydrogen-bond acceptors (Lipinski definition) is 5. The van der Waals surface area contributed by atoms with Crippen LogP contribution in [0, 0.1) is 11.3 Å². The SMILES string of the molecule is CN(C)/C=N\c1nc(SCc2ccccc2)ncc1C#N. The lowest BCUT2D eigenvalue weighted by molar-refractivity contribution is 0.642. The minimum Gasteiger partial charge on any atom is -0.369 e. The molecule has 0 saturated carbocycles. The van der Waals surface area contributed by atoms with Crippen molar-refractivity contribution in [3.8, 4) is 6.07 Å². The summed E-state index contributed by atoms with van der Waals surface area (Å²) < 4.78 is 0. The van der Waals surface area contributed by atoms with Crippen molar-refractivity contribution in [3.05, 3.63) is 47.7 Å². The van der Waals surface area contributed by atoms with E-state index < -0.39 is 0 Å². The van der Waals surface area contributed by atoms with Crippen molar-refractivity contribution >= 4 is 23.9 Å². The van der Waals surface area contributed by atoms with Gasteiger partial charge in [-0.1, -0.05) is 42.1 Å². The number of thioether (sulfide) groups is 1. The molecule has 1 aromatic carbocycles. The molecule has 2 aromatic rings. The second kappa shape index (κ2) is 7.41. The van der Waals surface area contributed by atoms with E-state index >= 15 is 0 Å². The Morgan fingerprint density at radius 3 is 2.76 bits per heavy atom. The Hall–Kier alpha value is -2.39. The molecule has 1 aromatic heterocycles. The Balaban J connectivity index is 2.14. The number of aliphatic imine (C=N–C) groups is 1. The van der Waals surface area contributed by atoms with Crippen LogP contribution in [0.15, 0.2) is 46.7 Å². The van der Waals surface area contributed by atoms with Crippen LogP contribution in [0.1, 0.15) is 11.1 Å². The number of aromatic nitrogens is 2. The summed E-state index contributed by atoms with van der Waals surface area (Å²) >= 11 is 1.52. The van der Waals surface area contributed by atoms with Crippen LogP contribution >= 0.6 is 11.8 Å². The third-order valence-corrected chi connectivity index (χ3v) is 3.42. The fraction of sp³-hybridized carbons (Fsp3) is 0.200. The van der Waals surface area contributed by atoms with Crippen molar-refractivity contribution in [3.63, 3.8) is 0 Å². The normalized spacial score (nSPS) is 10.5. The summed E-state index contributed by atoms with van der Waals surface area (Å²) in [5.74, 6) is 1.18. The molecule has 0 spiro atoms. The Labute approximate surface area is 128 Å². The summed E-state index contributed by atoms with van der Waals surface area (Å²) in [6.07, 6.45) is 3.14. The highest BCUT2D eigenvalue weighted by atomic mass is 32.2. The summed E-state index contributed by atoms with van der Waals surface area (Å²) in [5.41, 5.74) is 1.57. The summed E-state index contributed by atoms with van der Waals surface area (Å²) in [6.45, 7) is 0. The molecule has 0 unspecified atom stereocenters. The molecule has 0 radical (unpaired) electrons. The van der Waals surface area contributed by atoms with Gasteiger partial charge in [0.25, 0.3) is 0 Å². The lowest BCUT2D eigenvalue weighted by atomic mass is 10.2. The Kier molecular flexibility index (Phi) is 5.29. The Morgan fingerprint density at radius 2 is 2.10 bits per heavy atom. The average Bonchev–Trinajstić information content (AvgIpc) is 2.52. The van der Waals surface area contributed by atoms with E-state index in [4.69, 9.17) is 5.26 Å². The molecule has 0 aliphatic heterocycles. The van der Waals surface area contributed by atoms with Gasteiger partial charge in [-0.05, 0) is 5.56 Å². The van der Waals surface area contributed by atoms with Crippen molar-refractivity contribution in [2.75, 3.05) is 14.1 Å². The zero-order valence-corrected chi connectivity index (χ0v) is 12.7. The number of nitriles is 1. The van der Waals surface area contributed by atoms with E-state index in [1.54, 1.807) is 11.2 Å². The summed E-state index contributed by atoms with van der Waals surface area (Å²) in [6, 6.07) is 12.2. The van der Waals surface area contributed by atoms with Gasteiger partial charge in [-0.25, -0.2) is 15.0 Å². The van der Waals surface area contributed by atoms with Crippen LogP contribution in [0.4, 0.5) is 5.82 Å². The van der Waals surface area contributed by atoms with Crippen molar-refractivity contribution in [1.29, 1.82) is 5.26 Å². The van der Waals surface area contributed by atoms with Crippen molar-refractivity contribution < 1.29 is 0 Å². The van der Waals surface area contributed by atoms with Crippen molar-refractivity contribution in [2.24, 2.45) is 4.99 Å². The van der Waals surface area contributed by atoms with Crippen molar-refractivity contribution in [2.45, 2.75) is 10.9 Å². The number of hydrogen-bond donors (Lipinski definition) is 0. The minimum atomic E-state index is 0.372. The number of nitrogens with zero attached hydrogens (tertiary/aromatic N) is 5. The second-order valence-electron chi connectivity index (χ2n) is 4.48. The standard InChI is InChI=1S/C15H15N5S/c1-20(2)11-18-14-13(8-16)9-17-15(19-14)21-10-12-6-4-3-5-7-12/h3-7,9,11H,10H2,1-2H3/b18-11-. The highest BCUT2D eigenvalue weighted by Gasteiger charge is 2.06. The molecule has 21 heavy (non-hydrogen) atoms. The van der Waals surface area contributed by atoms with Gasteiger partial charge in [0.1, 0.15) is 11.6 Å². The third kappa shape index (κ3) is 4.58. The molecule has 0 atom stereocenters. The molecule has 0 amide bonds. The van der Waals surface area contributed by atoms with Gasteiger partial charge in [0.2, 0.25) is 0 Å².